The Hall–Kier alpha value is -1.56. The summed E-state index contributed by atoms with van der Waals surface area (Å²) in [6.45, 7) is 0. The Morgan fingerprint density at radius 2 is 0.544 bits per heavy atom. The number of fused-ring (bicyclic) bond motifs is 8. The number of aromatic nitrogens is 4. The predicted molar refractivity (Wildman–Crippen MR) is 319 cm³/mol. The van der Waals surface area contributed by atoms with Gasteiger partial charge < -0.3 is 28.9 Å². The number of benzene rings is 4. The molecule has 0 saturated heterocycles. The number of aromatic amines is 2. The van der Waals surface area contributed by atoms with Crippen LogP contribution >= 0.6 is 191 Å². The van der Waals surface area contributed by atoms with Crippen molar-refractivity contribution in [2.75, 3.05) is 28.4 Å². The van der Waals surface area contributed by atoms with Gasteiger partial charge in [0.1, 0.15) is 23.0 Å². The fourth-order valence-electron chi connectivity index (χ4n) is 8.21. The van der Waals surface area contributed by atoms with Gasteiger partial charge in [0.15, 0.2) is 0 Å². The summed E-state index contributed by atoms with van der Waals surface area (Å²) in [5.74, 6) is 2.47. The number of hydrogen-bond acceptors (Lipinski definition) is 6. The van der Waals surface area contributed by atoms with E-state index in [0.29, 0.717) is 59.2 Å². The molecular weight excluding hydrogens is 1660 g/mol. The second kappa shape index (κ2) is 20.7. The van der Waals surface area contributed by atoms with E-state index in [4.69, 9.17) is 28.9 Å². The van der Waals surface area contributed by atoms with Crippen LogP contribution in [-0.4, -0.2) is 48.4 Å². The second-order valence-corrected chi connectivity index (χ2v) is 24.8. The van der Waals surface area contributed by atoms with Gasteiger partial charge in [-0.15, -0.1) is 0 Å². The van der Waals surface area contributed by atoms with E-state index in [0.717, 1.165) is 107 Å². The van der Waals surface area contributed by atoms with Gasteiger partial charge >= 0.3 is 0 Å². The maximum atomic E-state index is 5.96. The molecule has 0 fully saturated rings. The molecule has 0 aliphatic carbocycles. The third-order valence-electron chi connectivity index (χ3n) is 11.1. The minimum Gasteiger partial charge on any atom is -0.494 e. The van der Waals surface area contributed by atoms with Gasteiger partial charge in [-0.1, -0.05) is 63.7 Å². The molecule has 0 atom stereocenters. The normalized spacial score (nSPS) is 12.0. The largest absolute Gasteiger partial charge is 0.494 e. The number of nitrogens with one attached hydrogen (secondary N) is 2. The Balaban J connectivity index is 1.57. The minimum absolute atomic E-state index is 0.608. The highest BCUT2D eigenvalue weighted by Crippen LogP contribution is 2.53. The minimum atomic E-state index is 0.608. The topological polar surface area (TPSA) is 94.3 Å². The first kappa shape index (κ1) is 51.3. The molecule has 2 N–H and O–H groups in total. The Morgan fingerprint density at radius 1 is 0.309 bits per heavy atom. The average Bonchev–Trinajstić information content (AvgIpc) is 4.13. The first-order chi connectivity index (χ1) is 32.5. The Labute approximate surface area is 490 Å². The highest BCUT2D eigenvalue weighted by Gasteiger charge is 2.28. The standard InChI is InChI=1S/C48H26Br12N4O4/c1-65-45-21(53)13-17(49)33(41(45)57)37-25-5-7-27(61-25)38(34-18(50)14-22(54)46(66-2)42(34)58)29-9-11-31(63-29)40(36-20(52)16-24(56)48(68-4)44(36)60)32-12-10-30(64-32)39(28-8-6-26(37)62-28)35-19(51)15-23(55)47(67-3)43(35)59/h5-16,61-62H,1-4H3. The molecule has 68 heavy (non-hydrogen) atoms. The number of rotatable bonds is 8. The number of methoxy groups -OCH3 is 4. The van der Waals surface area contributed by atoms with E-state index in [-0.39, 0.29) is 0 Å². The molecule has 8 bridgehead atoms. The zero-order valence-corrected chi connectivity index (χ0v) is 54.0. The average molecular weight is 1680 g/mol. The molecule has 20 heteroatoms. The maximum absolute atomic E-state index is 5.96. The summed E-state index contributed by atoms with van der Waals surface area (Å²) in [7, 11) is 6.57. The summed E-state index contributed by atoms with van der Waals surface area (Å²) in [6.07, 6.45) is 8.07. The Morgan fingerprint density at radius 3 is 0.824 bits per heavy atom. The lowest BCUT2D eigenvalue weighted by Crippen LogP contribution is -1.96. The molecule has 0 radical (unpaired) electrons. The van der Waals surface area contributed by atoms with E-state index in [2.05, 4.69) is 225 Å². The highest BCUT2D eigenvalue weighted by atomic mass is 79.9. The Bertz CT molecular complexity index is 3400. The summed E-state index contributed by atoms with van der Waals surface area (Å²) in [6, 6.07) is 16.2. The molecule has 7 aromatic rings. The van der Waals surface area contributed by atoms with Gasteiger partial charge in [0.25, 0.3) is 0 Å². The third kappa shape index (κ3) is 8.93. The zero-order chi connectivity index (χ0) is 48.6. The fourth-order valence-corrected chi connectivity index (χ4v) is 19.6. The highest BCUT2D eigenvalue weighted by molar-refractivity contribution is 9.13. The van der Waals surface area contributed by atoms with Crippen molar-refractivity contribution in [3.05, 3.63) is 125 Å². The first-order valence-corrected chi connectivity index (χ1v) is 29.1. The maximum Gasteiger partial charge on any atom is 0.147 e. The fraction of sp³-hybridized carbons (Fsp3) is 0.0833. The molecule has 8 nitrogen and oxygen atoms in total. The molecule has 0 spiro atoms. The van der Waals surface area contributed by atoms with Gasteiger partial charge in [0.2, 0.25) is 0 Å². The summed E-state index contributed by atoms with van der Waals surface area (Å²) in [5.41, 5.74) is 12.2. The molecule has 0 saturated carbocycles. The molecular formula is C48H26Br12N4O4. The summed E-state index contributed by atoms with van der Waals surface area (Å²) in [5, 5.41) is 0. The summed E-state index contributed by atoms with van der Waals surface area (Å²) >= 11 is 46.3. The quantitative estimate of drug-likeness (QED) is 0.157. The van der Waals surface area contributed by atoms with E-state index in [1.807, 2.05) is 48.6 Å². The number of hydrogen-bond donors (Lipinski definition) is 2. The SMILES string of the molecule is COc1c(Br)cc(Br)c(-c2c3nc(c(-c4c(Br)cc(Br)c(OC)c4Br)c4ccc([nH]4)c(-c4c(Br)cc(Br)c(OC)c4Br)c4ccc([nH]4)c(-c4c(Br)cc(Br)c(OC)c4Br)c4nc2C=C4)C=C3)c1Br. The molecule has 5 heterocycles. The zero-order valence-electron chi connectivity index (χ0n) is 35.0. The van der Waals surface area contributed by atoms with Crippen LogP contribution in [0.15, 0.2) is 102 Å². The van der Waals surface area contributed by atoms with Gasteiger partial charge in [-0.2, -0.15) is 0 Å². The lowest BCUT2D eigenvalue weighted by atomic mass is 10.0. The number of ether oxygens (including phenoxy) is 4. The van der Waals surface area contributed by atoms with Crippen molar-refractivity contribution in [3.8, 4) is 67.5 Å². The predicted octanol–water partition coefficient (Wildman–Crippen LogP) is 20.5. The smallest absolute Gasteiger partial charge is 0.147 e. The van der Waals surface area contributed by atoms with Crippen molar-refractivity contribution in [3.63, 3.8) is 0 Å². The van der Waals surface area contributed by atoms with Gasteiger partial charge in [-0.25, -0.2) is 9.97 Å². The van der Waals surface area contributed by atoms with Crippen molar-refractivity contribution >= 4 is 238 Å². The van der Waals surface area contributed by atoms with Crippen molar-refractivity contribution in [2.45, 2.75) is 0 Å². The molecule has 2 aliphatic heterocycles. The molecule has 9 rings (SSSR count). The molecule has 0 unspecified atom stereocenters. The lowest BCUT2D eigenvalue weighted by Gasteiger charge is -2.16. The van der Waals surface area contributed by atoms with Crippen LogP contribution in [0.1, 0.15) is 22.8 Å². The third-order valence-corrected chi connectivity index (χ3v) is 19.0. The van der Waals surface area contributed by atoms with Crippen molar-refractivity contribution in [1.82, 2.24) is 19.9 Å². The van der Waals surface area contributed by atoms with Crippen LogP contribution in [0.2, 0.25) is 0 Å². The molecule has 3 aromatic heterocycles. The van der Waals surface area contributed by atoms with E-state index < -0.39 is 0 Å². The Kier molecular flexibility index (Phi) is 15.7. The molecule has 2 aliphatic rings. The van der Waals surface area contributed by atoms with Gasteiger partial charge in [-0.05, 0) is 200 Å². The number of H-pyrrole nitrogens is 2. The summed E-state index contributed by atoms with van der Waals surface area (Å²) in [4.78, 5) is 18.7. The van der Waals surface area contributed by atoms with Crippen LogP contribution < -0.4 is 18.9 Å². The van der Waals surface area contributed by atoms with E-state index >= 15 is 0 Å². The van der Waals surface area contributed by atoms with Crippen molar-refractivity contribution in [1.29, 1.82) is 0 Å². The van der Waals surface area contributed by atoms with E-state index in [1.165, 1.54) is 0 Å². The molecule has 0 amide bonds. The van der Waals surface area contributed by atoms with Gasteiger partial charge in [0.05, 0.1) is 87.0 Å². The van der Waals surface area contributed by atoms with E-state index in [9.17, 15) is 0 Å². The van der Waals surface area contributed by atoms with Gasteiger partial charge in [-0.3, -0.25) is 0 Å². The first-order valence-electron chi connectivity index (χ1n) is 19.6. The van der Waals surface area contributed by atoms with Crippen molar-refractivity contribution in [2.24, 2.45) is 0 Å². The van der Waals surface area contributed by atoms with Crippen LogP contribution in [-0.2, 0) is 0 Å². The molecule has 4 aromatic carbocycles. The van der Waals surface area contributed by atoms with Crippen LogP contribution in [0, 0.1) is 0 Å². The van der Waals surface area contributed by atoms with Crippen LogP contribution in [0.25, 0.3) is 90.9 Å². The number of halogens is 12. The number of nitrogens with zero attached hydrogens (tertiary/aromatic N) is 2. The molecule has 346 valence electrons. The van der Waals surface area contributed by atoms with Crippen LogP contribution in [0.4, 0.5) is 0 Å². The van der Waals surface area contributed by atoms with Crippen LogP contribution in [0.3, 0.4) is 0 Å². The lowest BCUT2D eigenvalue weighted by molar-refractivity contribution is 0.409. The second-order valence-electron chi connectivity index (χ2n) is 14.8. The van der Waals surface area contributed by atoms with Crippen molar-refractivity contribution < 1.29 is 18.9 Å². The van der Waals surface area contributed by atoms with E-state index in [1.54, 1.807) is 28.4 Å². The summed E-state index contributed by atoms with van der Waals surface area (Å²) < 4.78 is 32.9. The van der Waals surface area contributed by atoms with Gasteiger partial charge in [0, 0.05) is 84.5 Å². The van der Waals surface area contributed by atoms with Crippen LogP contribution in [0.5, 0.6) is 23.0 Å². The monoisotopic (exact) mass is 1670 g/mol.